The van der Waals surface area contributed by atoms with Gasteiger partial charge < -0.3 is 0 Å². The van der Waals surface area contributed by atoms with Gasteiger partial charge in [-0.25, -0.2) is 34.9 Å². The summed E-state index contributed by atoms with van der Waals surface area (Å²) in [6.07, 6.45) is 0. The van der Waals surface area contributed by atoms with Gasteiger partial charge >= 0.3 is 0 Å². The lowest BCUT2D eigenvalue weighted by Gasteiger charge is -2.12. The molecule has 16 aromatic carbocycles. The van der Waals surface area contributed by atoms with E-state index < -0.39 is 0 Å². The average molecular weight is 1330 g/mol. The third kappa shape index (κ3) is 11.3. The topological polar surface area (TPSA) is 100 Å². The van der Waals surface area contributed by atoms with Crippen molar-refractivity contribution < 1.29 is 0 Å². The number of nitrogens with zero attached hydrogens (tertiary/aromatic N) is 9. The second-order valence-electron chi connectivity index (χ2n) is 26.0. The molecule has 4 heterocycles. The summed E-state index contributed by atoms with van der Waals surface area (Å²) >= 11 is 0. The van der Waals surface area contributed by atoms with Crippen molar-refractivity contribution in [3.05, 3.63) is 370 Å². The summed E-state index contributed by atoms with van der Waals surface area (Å²) in [4.78, 5) is 36.2. The molecule has 0 aliphatic carbocycles. The van der Waals surface area contributed by atoms with Crippen LogP contribution in [0.5, 0.6) is 0 Å². The summed E-state index contributed by atoms with van der Waals surface area (Å²) in [5, 5.41) is 11.4. The maximum Gasteiger partial charge on any atom is 0.164 e. The van der Waals surface area contributed by atoms with E-state index in [9.17, 15) is 0 Å². The Bertz CT molecular complexity index is 6570. The minimum absolute atomic E-state index is 0.623. The van der Waals surface area contributed by atoms with Gasteiger partial charge in [0, 0.05) is 66.7 Å². The van der Waals surface area contributed by atoms with Crippen molar-refractivity contribution in [3.63, 3.8) is 0 Å². The molecule has 20 rings (SSSR count). The summed E-state index contributed by atoms with van der Waals surface area (Å²) < 4.78 is 4.55. The molecule has 0 radical (unpaired) electrons. The Morgan fingerprint density at radius 3 is 1.01 bits per heavy atom. The van der Waals surface area contributed by atoms with Crippen molar-refractivity contribution >= 4 is 75.9 Å². The second-order valence-corrected chi connectivity index (χ2v) is 26.0. The van der Waals surface area contributed by atoms with Gasteiger partial charge in [0.25, 0.3) is 0 Å². The van der Waals surface area contributed by atoms with Crippen molar-refractivity contribution in [2.24, 2.45) is 0 Å². The molecule has 0 fully saturated rings. The van der Waals surface area contributed by atoms with Gasteiger partial charge in [-0.15, -0.1) is 0 Å². The smallest absolute Gasteiger partial charge is 0.164 e. The molecule has 0 N–H and O–H groups in total. The van der Waals surface area contributed by atoms with Crippen LogP contribution in [0.1, 0.15) is 0 Å². The molecule has 9 heteroatoms. The minimum Gasteiger partial charge on any atom is -0.292 e. The van der Waals surface area contributed by atoms with E-state index in [-0.39, 0.29) is 0 Å². The molecule has 0 aliphatic heterocycles. The quantitative estimate of drug-likeness (QED) is 0.119. The molecule has 9 nitrogen and oxygen atoms in total. The van der Waals surface area contributed by atoms with Gasteiger partial charge in [-0.1, -0.05) is 303 Å². The van der Waals surface area contributed by atoms with Crippen molar-refractivity contribution in [2.45, 2.75) is 0 Å². The van der Waals surface area contributed by atoms with Crippen LogP contribution in [0, 0.1) is 0 Å². The number of benzene rings is 16. The first-order chi connectivity index (χ1) is 51.5. The Kier molecular flexibility index (Phi) is 15.3. The molecule has 0 saturated heterocycles. The highest BCUT2D eigenvalue weighted by molar-refractivity contribution is 6.21. The number of imidazole rings is 2. The van der Waals surface area contributed by atoms with Crippen molar-refractivity contribution in [1.82, 2.24) is 44.0 Å². The predicted molar refractivity (Wildman–Crippen MR) is 428 cm³/mol. The Balaban J connectivity index is 0.000000143. The predicted octanol–water partition coefficient (Wildman–Crippen LogP) is 23.8. The summed E-state index contributed by atoms with van der Waals surface area (Å²) in [6, 6.07) is 129. The van der Waals surface area contributed by atoms with Crippen molar-refractivity contribution in [2.75, 3.05) is 0 Å². The zero-order chi connectivity index (χ0) is 68.9. The van der Waals surface area contributed by atoms with E-state index >= 15 is 0 Å². The van der Waals surface area contributed by atoms with E-state index in [1.165, 1.54) is 16.2 Å². The molecular weight excluding hydrogens is 1270 g/mol. The number of hydrogen-bond acceptors (Lipinski definition) is 7. The van der Waals surface area contributed by atoms with Gasteiger partial charge in [-0.05, 0) is 121 Å². The van der Waals surface area contributed by atoms with Crippen molar-refractivity contribution in [3.8, 4) is 113 Å². The van der Waals surface area contributed by atoms with Crippen LogP contribution < -0.4 is 0 Å². The van der Waals surface area contributed by atoms with Crippen LogP contribution in [0.15, 0.2) is 370 Å². The zero-order valence-electron chi connectivity index (χ0n) is 56.2. The molecule has 486 valence electrons. The zero-order valence-corrected chi connectivity index (χ0v) is 56.2. The highest BCUT2D eigenvalue weighted by atomic mass is 15.1. The van der Waals surface area contributed by atoms with Gasteiger partial charge in [0.2, 0.25) is 0 Å². The fourth-order valence-electron chi connectivity index (χ4n) is 14.5. The first-order valence-corrected chi connectivity index (χ1v) is 34.9. The Morgan fingerprint density at radius 2 is 0.510 bits per heavy atom. The van der Waals surface area contributed by atoms with Gasteiger partial charge in [0.1, 0.15) is 11.6 Å². The lowest BCUT2D eigenvalue weighted by Crippen LogP contribution is -2.00. The third-order valence-electron chi connectivity index (χ3n) is 19.6. The van der Waals surface area contributed by atoms with Crippen LogP contribution in [0.3, 0.4) is 0 Å². The Morgan fingerprint density at radius 1 is 0.183 bits per heavy atom. The number of rotatable bonds is 11. The normalized spacial score (nSPS) is 11.5. The molecule has 0 amide bonds. The molecule has 104 heavy (non-hydrogen) atoms. The Labute approximate surface area is 599 Å². The van der Waals surface area contributed by atoms with Crippen LogP contribution in [-0.4, -0.2) is 44.0 Å². The summed E-state index contributed by atoms with van der Waals surface area (Å²) in [5.74, 6) is 4.42. The first-order valence-electron chi connectivity index (χ1n) is 34.9. The SMILES string of the molecule is c1ccc(-c2cc(-c3ccccc3)nc(-c3cccc(-c4ccc5ccc6ccc7c(nc(-c8ccccc8)n7-c7ccccc7)c6c5c4)c3)n2)cc1.c1ccc(-c2nc(-c3ccc4ccccc4c3)nc(-c3ccc4ccc5ccc6c(nc(-c7ccccc7)n6-c6ccccc6)c5c4c3)n2)cc1. The first kappa shape index (κ1) is 61.0. The fourth-order valence-corrected chi connectivity index (χ4v) is 14.5. The molecule has 0 bridgehead atoms. The second kappa shape index (κ2) is 26.2. The highest BCUT2D eigenvalue weighted by Crippen LogP contribution is 2.42. The van der Waals surface area contributed by atoms with Gasteiger partial charge in [-0.3, -0.25) is 9.13 Å². The lowest BCUT2D eigenvalue weighted by atomic mass is 9.95. The molecule has 0 saturated carbocycles. The van der Waals surface area contributed by atoms with E-state index in [0.717, 1.165) is 150 Å². The van der Waals surface area contributed by atoms with Crippen LogP contribution in [0.2, 0.25) is 0 Å². The van der Waals surface area contributed by atoms with Gasteiger partial charge in [-0.2, -0.15) is 0 Å². The highest BCUT2D eigenvalue weighted by Gasteiger charge is 2.22. The Hall–Kier alpha value is -14.2. The lowest BCUT2D eigenvalue weighted by molar-refractivity contribution is 1.08. The number of hydrogen-bond donors (Lipinski definition) is 0. The number of para-hydroxylation sites is 2. The summed E-state index contributed by atoms with van der Waals surface area (Å²) in [7, 11) is 0. The van der Waals surface area contributed by atoms with E-state index in [1.54, 1.807) is 0 Å². The standard InChI is InChI=1S/C49H32N4.C46H29N5/c1-5-14-34(15-6-1)43-32-44(35-16-7-2-8-17-35)51-48(50-43)40-21-13-20-38(30-40)39-27-25-33-24-26-36-28-29-45-47(46(36)42(33)31-39)52-49(37-18-9-3-10-19-37)53(45)41-22-11-4-12-23-41;1-4-13-33(14-5-1)43-48-44(36-24-20-30-12-10-11-17-35(30)28-36)50-45(49-43)37-25-22-31-21-23-32-26-27-40-42(41(32)39(31)29-37)47-46(34-15-6-2-7-16-34)51(40)38-18-8-3-9-19-38/h1-32H;1-29H. The van der Waals surface area contributed by atoms with E-state index in [2.05, 4.69) is 294 Å². The molecule has 0 aliphatic rings. The molecule has 0 spiro atoms. The molecule has 0 atom stereocenters. The van der Waals surface area contributed by atoms with Crippen LogP contribution in [0.25, 0.3) is 189 Å². The summed E-state index contributed by atoms with van der Waals surface area (Å²) in [6.45, 7) is 0. The monoisotopic (exact) mass is 1330 g/mol. The maximum absolute atomic E-state index is 5.41. The number of aromatic nitrogens is 9. The minimum atomic E-state index is 0.623. The van der Waals surface area contributed by atoms with E-state index in [1.807, 2.05) is 84.9 Å². The van der Waals surface area contributed by atoms with Crippen LogP contribution >= 0.6 is 0 Å². The largest absolute Gasteiger partial charge is 0.292 e. The number of fused-ring (bicyclic) bond motifs is 11. The van der Waals surface area contributed by atoms with Crippen molar-refractivity contribution in [1.29, 1.82) is 0 Å². The average Bonchev–Trinajstić information content (AvgIpc) is 1.53. The van der Waals surface area contributed by atoms with E-state index in [4.69, 9.17) is 34.9 Å². The molecule has 0 unspecified atom stereocenters. The van der Waals surface area contributed by atoms with Crippen LogP contribution in [-0.2, 0) is 0 Å². The van der Waals surface area contributed by atoms with E-state index in [0.29, 0.717) is 23.3 Å². The molecule has 4 aromatic heterocycles. The van der Waals surface area contributed by atoms with Gasteiger partial charge in [0.15, 0.2) is 23.3 Å². The molecular formula is C95H61N9. The maximum atomic E-state index is 5.41. The summed E-state index contributed by atoms with van der Waals surface area (Å²) in [5.41, 5.74) is 18.3. The fraction of sp³-hybridized carbons (Fsp3) is 0. The third-order valence-corrected chi connectivity index (χ3v) is 19.6. The molecule has 20 aromatic rings. The van der Waals surface area contributed by atoms with Crippen LogP contribution in [0.4, 0.5) is 0 Å². The van der Waals surface area contributed by atoms with Gasteiger partial charge in [0.05, 0.1) is 33.5 Å².